The lowest BCUT2D eigenvalue weighted by atomic mass is 10.1. The van der Waals surface area contributed by atoms with Gasteiger partial charge < -0.3 is 14.2 Å². The SMILES string of the molecule is Cc1ccccc1OCCCn1c(C2CC(=O)N(c3ccccc3F)C2)nc2ccccc21. The zero-order valence-corrected chi connectivity index (χ0v) is 18.6. The number of aromatic nitrogens is 2. The van der Waals surface area contributed by atoms with E-state index in [-0.39, 0.29) is 17.6 Å². The first kappa shape index (κ1) is 21.2. The molecular weight excluding hydrogens is 417 g/mol. The Hall–Kier alpha value is -3.67. The second-order valence-corrected chi connectivity index (χ2v) is 8.43. The second-order valence-electron chi connectivity index (χ2n) is 8.43. The molecule has 1 amide bonds. The molecule has 5 nitrogen and oxygen atoms in total. The van der Waals surface area contributed by atoms with Crippen LogP contribution in [-0.2, 0) is 11.3 Å². The zero-order valence-electron chi connectivity index (χ0n) is 18.6. The first-order valence-electron chi connectivity index (χ1n) is 11.3. The van der Waals surface area contributed by atoms with Crippen molar-refractivity contribution >= 4 is 22.6 Å². The number of carbonyl (C=O) groups is 1. The number of hydrogen-bond acceptors (Lipinski definition) is 3. The fourth-order valence-electron chi connectivity index (χ4n) is 4.55. The normalized spacial score (nSPS) is 16.0. The molecule has 1 aromatic heterocycles. The fourth-order valence-corrected chi connectivity index (χ4v) is 4.55. The van der Waals surface area contributed by atoms with Crippen molar-refractivity contribution in [3.63, 3.8) is 0 Å². The number of amides is 1. The Morgan fingerprint density at radius 3 is 2.64 bits per heavy atom. The topological polar surface area (TPSA) is 47.4 Å². The van der Waals surface area contributed by atoms with Crippen LogP contribution in [0.4, 0.5) is 10.1 Å². The van der Waals surface area contributed by atoms with Gasteiger partial charge in [0.1, 0.15) is 17.4 Å². The molecule has 1 aliphatic heterocycles. The standard InChI is InChI=1S/C27H26FN3O2/c1-19-9-2-7-14-25(19)33-16-8-15-30-24-13-6-4-11-22(24)29-27(30)20-17-26(32)31(18-20)23-12-5-3-10-21(23)28/h2-7,9-14,20H,8,15-18H2,1H3. The molecule has 0 N–H and O–H groups in total. The van der Waals surface area contributed by atoms with E-state index in [4.69, 9.17) is 9.72 Å². The van der Waals surface area contributed by atoms with Crippen LogP contribution in [-0.4, -0.2) is 28.6 Å². The van der Waals surface area contributed by atoms with Crippen LogP contribution in [0.2, 0.25) is 0 Å². The number of carbonyl (C=O) groups excluding carboxylic acids is 1. The summed E-state index contributed by atoms with van der Waals surface area (Å²) in [7, 11) is 0. The van der Waals surface area contributed by atoms with Crippen LogP contribution < -0.4 is 9.64 Å². The number of imidazole rings is 1. The minimum absolute atomic E-state index is 0.0772. The summed E-state index contributed by atoms with van der Waals surface area (Å²) in [5, 5.41) is 0. The van der Waals surface area contributed by atoms with E-state index in [0.717, 1.165) is 41.1 Å². The highest BCUT2D eigenvalue weighted by Crippen LogP contribution is 2.34. The van der Waals surface area contributed by atoms with Crippen LogP contribution in [0, 0.1) is 12.7 Å². The third-order valence-corrected chi connectivity index (χ3v) is 6.19. The number of nitrogens with zero attached hydrogens (tertiary/aromatic N) is 3. The van der Waals surface area contributed by atoms with Gasteiger partial charge in [0.25, 0.3) is 0 Å². The molecule has 3 aromatic carbocycles. The molecule has 1 fully saturated rings. The maximum Gasteiger partial charge on any atom is 0.227 e. The fraction of sp³-hybridized carbons (Fsp3) is 0.259. The van der Waals surface area contributed by atoms with Gasteiger partial charge in [0.05, 0.1) is 23.3 Å². The van der Waals surface area contributed by atoms with Crippen LogP contribution in [0.1, 0.15) is 30.1 Å². The van der Waals surface area contributed by atoms with Gasteiger partial charge in [0, 0.05) is 25.4 Å². The Balaban J connectivity index is 1.36. The van der Waals surface area contributed by atoms with Gasteiger partial charge in [-0.05, 0) is 49.2 Å². The van der Waals surface area contributed by atoms with Crippen LogP contribution in [0.15, 0.2) is 72.8 Å². The van der Waals surface area contributed by atoms with Gasteiger partial charge in [0.15, 0.2) is 0 Å². The number of benzene rings is 3. The van der Waals surface area contributed by atoms with Gasteiger partial charge in [-0.1, -0.05) is 42.5 Å². The predicted octanol–water partition coefficient (Wildman–Crippen LogP) is 5.47. The van der Waals surface area contributed by atoms with Crippen molar-refractivity contribution in [1.29, 1.82) is 0 Å². The number of hydrogen-bond donors (Lipinski definition) is 0. The van der Waals surface area contributed by atoms with Crippen LogP contribution in [0.25, 0.3) is 11.0 Å². The molecule has 168 valence electrons. The van der Waals surface area contributed by atoms with E-state index in [1.165, 1.54) is 6.07 Å². The lowest BCUT2D eigenvalue weighted by molar-refractivity contribution is -0.117. The number of rotatable bonds is 7. The van der Waals surface area contributed by atoms with E-state index in [0.29, 0.717) is 25.3 Å². The maximum absolute atomic E-state index is 14.3. The minimum Gasteiger partial charge on any atom is -0.493 e. The highest BCUT2D eigenvalue weighted by Gasteiger charge is 2.35. The van der Waals surface area contributed by atoms with Crippen molar-refractivity contribution in [3.05, 3.63) is 90.0 Å². The summed E-state index contributed by atoms with van der Waals surface area (Å²) in [6.07, 6.45) is 1.12. The number of halogens is 1. The summed E-state index contributed by atoms with van der Waals surface area (Å²) in [5.74, 6) is 1.22. The number of fused-ring (bicyclic) bond motifs is 1. The molecule has 0 bridgehead atoms. The summed E-state index contributed by atoms with van der Waals surface area (Å²) in [5.41, 5.74) is 3.40. The summed E-state index contributed by atoms with van der Waals surface area (Å²) in [4.78, 5) is 19.2. The highest BCUT2D eigenvalue weighted by atomic mass is 19.1. The van der Waals surface area contributed by atoms with Crippen molar-refractivity contribution in [2.45, 2.75) is 32.2 Å². The monoisotopic (exact) mass is 443 g/mol. The zero-order chi connectivity index (χ0) is 22.8. The number of aryl methyl sites for hydroxylation is 2. The van der Waals surface area contributed by atoms with E-state index in [1.807, 2.05) is 49.4 Å². The molecule has 1 saturated heterocycles. The Kier molecular flexibility index (Phi) is 5.82. The van der Waals surface area contributed by atoms with E-state index in [1.54, 1.807) is 23.1 Å². The Morgan fingerprint density at radius 2 is 1.79 bits per heavy atom. The third-order valence-electron chi connectivity index (χ3n) is 6.19. The molecule has 1 unspecified atom stereocenters. The van der Waals surface area contributed by atoms with Gasteiger partial charge >= 0.3 is 0 Å². The van der Waals surface area contributed by atoms with E-state index >= 15 is 0 Å². The number of anilines is 1. The van der Waals surface area contributed by atoms with Gasteiger partial charge in [-0.25, -0.2) is 9.37 Å². The molecular formula is C27H26FN3O2. The van der Waals surface area contributed by atoms with Crippen molar-refractivity contribution in [3.8, 4) is 5.75 Å². The molecule has 1 atom stereocenters. The minimum atomic E-state index is -0.381. The third kappa shape index (κ3) is 4.21. The first-order chi connectivity index (χ1) is 16.1. The Morgan fingerprint density at radius 1 is 1.03 bits per heavy atom. The van der Waals surface area contributed by atoms with E-state index in [9.17, 15) is 9.18 Å². The van der Waals surface area contributed by atoms with Gasteiger partial charge in [-0.3, -0.25) is 4.79 Å². The van der Waals surface area contributed by atoms with Gasteiger partial charge in [0.2, 0.25) is 5.91 Å². The summed E-state index contributed by atoms with van der Waals surface area (Å²) in [6, 6.07) is 22.4. The van der Waals surface area contributed by atoms with Crippen molar-refractivity contribution < 1.29 is 13.9 Å². The maximum atomic E-state index is 14.3. The Labute approximate surface area is 192 Å². The van der Waals surface area contributed by atoms with Gasteiger partial charge in [-0.2, -0.15) is 0 Å². The first-order valence-corrected chi connectivity index (χ1v) is 11.3. The summed E-state index contributed by atoms with van der Waals surface area (Å²) in [6.45, 7) is 3.77. The van der Waals surface area contributed by atoms with Crippen LogP contribution >= 0.6 is 0 Å². The van der Waals surface area contributed by atoms with Crippen molar-refractivity contribution in [1.82, 2.24) is 9.55 Å². The molecule has 1 aliphatic rings. The molecule has 33 heavy (non-hydrogen) atoms. The molecule has 5 rings (SSSR count). The van der Waals surface area contributed by atoms with Crippen molar-refractivity contribution in [2.75, 3.05) is 18.1 Å². The molecule has 0 aliphatic carbocycles. The summed E-state index contributed by atoms with van der Waals surface area (Å²) < 4.78 is 22.5. The molecule has 2 heterocycles. The predicted molar refractivity (Wildman–Crippen MR) is 127 cm³/mol. The second kappa shape index (κ2) is 9.06. The average molecular weight is 444 g/mol. The van der Waals surface area contributed by atoms with Gasteiger partial charge in [-0.15, -0.1) is 0 Å². The van der Waals surface area contributed by atoms with E-state index in [2.05, 4.69) is 10.6 Å². The van der Waals surface area contributed by atoms with Crippen LogP contribution in [0.5, 0.6) is 5.75 Å². The lowest BCUT2D eigenvalue weighted by Crippen LogP contribution is -2.25. The lowest BCUT2D eigenvalue weighted by Gasteiger charge is -2.18. The smallest absolute Gasteiger partial charge is 0.227 e. The molecule has 4 aromatic rings. The average Bonchev–Trinajstić information content (AvgIpc) is 3.38. The molecule has 0 radical (unpaired) electrons. The Bertz CT molecular complexity index is 1300. The molecule has 0 spiro atoms. The molecule has 6 heteroatoms. The quantitative estimate of drug-likeness (QED) is 0.356. The van der Waals surface area contributed by atoms with E-state index < -0.39 is 0 Å². The van der Waals surface area contributed by atoms with Crippen LogP contribution in [0.3, 0.4) is 0 Å². The largest absolute Gasteiger partial charge is 0.493 e. The number of para-hydroxylation sites is 4. The molecule has 0 saturated carbocycles. The summed E-state index contributed by atoms with van der Waals surface area (Å²) >= 11 is 0. The number of ether oxygens (including phenoxy) is 1. The van der Waals surface area contributed by atoms with Crippen molar-refractivity contribution in [2.24, 2.45) is 0 Å². The highest BCUT2D eigenvalue weighted by molar-refractivity contribution is 5.96.